The van der Waals surface area contributed by atoms with Crippen molar-refractivity contribution in [3.05, 3.63) is 69.9 Å². The molecular formula is C28H33N4O2PS. The van der Waals surface area contributed by atoms with Gasteiger partial charge < -0.3 is 14.2 Å². The Kier molecular flexibility index (Phi) is 5.88. The first-order chi connectivity index (χ1) is 17.3. The van der Waals surface area contributed by atoms with Crippen LogP contribution in [0.15, 0.2) is 63.6 Å². The van der Waals surface area contributed by atoms with Crippen LogP contribution >= 0.6 is 18.8 Å². The molecule has 2 atom stereocenters. The summed E-state index contributed by atoms with van der Waals surface area (Å²) in [6.07, 6.45) is 0. The summed E-state index contributed by atoms with van der Waals surface area (Å²) in [6.45, 7) is 12.0. The number of likely N-dealkylation sites (N-methyl/N-ethyl adjacent to an activating group) is 1. The molecule has 0 radical (unpaired) electrons. The Hall–Kier alpha value is -2.44. The van der Waals surface area contributed by atoms with Crippen molar-refractivity contribution in [2.75, 3.05) is 38.3 Å². The first kappa shape index (κ1) is 23.9. The smallest absolute Gasteiger partial charge is 0.242 e. The molecule has 3 aliphatic rings. The topological polar surface area (TPSA) is 49.7 Å². The summed E-state index contributed by atoms with van der Waals surface area (Å²) in [5.41, 5.74) is 5.71. The zero-order chi connectivity index (χ0) is 25.1. The van der Waals surface area contributed by atoms with Gasteiger partial charge in [-0.25, -0.2) is 14.4 Å². The highest BCUT2D eigenvalue weighted by Gasteiger charge is 2.46. The Balaban J connectivity index is 1.66. The van der Waals surface area contributed by atoms with Crippen molar-refractivity contribution < 1.29 is 9.26 Å². The molecule has 1 aromatic heterocycles. The van der Waals surface area contributed by atoms with Crippen LogP contribution in [0.2, 0.25) is 0 Å². The minimum atomic E-state index is -2.68. The molecule has 2 aromatic carbocycles. The summed E-state index contributed by atoms with van der Waals surface area (Å²) < 4.78 is 20.8. The number of rotatable bonds is 3. The summed E-state index contributed by atoms with van der Waals surface area (Å²) >= 11 is 1.65. The lowest BCUT2D eigenvalue weighted by atomic mass is 9.81. The van der Waals surface area contributed by atoms with Crippen LogP contribution in [0, 0.1) is 6.92 Å². The molecule has 4 heterocycles. The number of hydrogen-bond donors (Lipinski definition) is 0. The van der Waals surface area contributed by atoms with Crippen LogP contribution in [0.4, 0.5) is 17.1 Å². The molecule has 0 aliphatic carbocycles. The molecule has 3 aliphatic heterocycles. The fourth-order valence-electron chi connectivity index (χ4n) is 5.35. The van der Waals surface area contributed by atoms with Crippen molar-refractivity contribution in [2.45, 2.75) is 39.2 Å². The van der Waals surface area contributed by atoms with Crippen LogP contribution < -0.4 is 10.2 Å². The standard InChI is InChI=1S/C28H33N4O2PS/c1-19-8-10-21(11-9-19)30-35(32-12-14-33-15-13-32)25-17-22-24(31(5)20(2)28(22,3)4)18-23(25)29-27(34-35)26-7-6-16-36-26/h6-11,16-18,20H,12-15H2,1-5H3. The molecular weight excluding hydrogens is 487 g/mol. The Morgan fingerprint density at radius 1 is 1.11 bits per heavy atom. The third-order valence-electron chi connectivity index (χ3n) is 7.93. The molecule has 3 aromatic rings. The molecule has 0 bridgehead atoms. The van der Waals surface area contributed by atoms with Crippen LogP contribution in [0.3, 0.4) is 0 Å². The first-order valence-electron chi connectivity index (χ1n) is 12.6. The molecule has 188 valence electrons. The van der Waals surface area contributed by atoms with Gasteiger partial charge in [0, 0.05) is 37.3 Å². The van der Waals surface area contributed by atoms with E-state index in [4.69, 9.17) is 19.0 Å². The second-order valence-corrected chi connectivity index (χ2v) is 13.9. The minimum Gasteiger partial charge on any atom is -0.424 e. The molecule has 6 rings (SSSR count). The zero-order valence-electron chi connectivity index (χ0n) is 21.6. The maximum absolute atomic E-state index is 7.06. The normalized spacial score (nSPS) is 25.1. The van der Waals surface area contributed by atoms with Crippen molar-refractivity contribution in [3.8, 4) is 0 Å². The number of anilines is 1. The van der Waals surface area contributed by atoms with Crippen molar-refractivity contribution in [1.29, 1.82) is 0 Å². The number of ether oxygens (including phenoxy) is 1. The van der Waals surface area contributed by atoms with Gasteiger partial charge in [0.15, 0.2) is 0 Å². The molecule has 36 heavy (non-hydrogen) atoms. The Labute approximate surface area is 217 Å². The number of aryl methyl sites for hydroxylation is 1. The van der Waals surface area contributed by atoms with Crippen LogP contribution in [0.1, 0.15) is 36.8 Å². The third kappa shape index (κ3) is 3.76. The minimum absolute atomic E-state index is 0.00137. The van der Waals surface area contributed by atoms with E-state index in [0.717, 1.165) is 34.6 Å². The summed E-state index contributed by atoms with van der Waals surface area (Å²) in [6, 6.07) is 17.6. The maximum Gasteiger partial charge on any atom is 0.242 e. The Morgan fingerprint density at radius 3 is 2.56 bits per heavy atom. The van der Waals surface area contributed by atoms with Gasteiger partial charge in [-0.1, -0.05) is 37.6 Å². The largest absolute Gasteiger partial charge is 0.424 e. The van der Waals surface area contributed by atoms with Gasteiger partial charge in [0.05, 0.1) is 34.8 Å². The van der Waals surface area contributed by atoms with Crippen LogP contribution in [-0.4, -0.2) is 50.0 Å². The highest BCUT2D eigenvalue weighted by atomic mass is 32.1. The second-order valence-electron chi connectivity index (χ2n) is 10.4. The molecule has 8 heteroatoms. The number of thiophene rings is 1. The number of nitrogens with zero attached hydrogens (tertiary/aromatic N) is 4. The van der Waals surface area contributed by atoms with Gasteiger partial charge in [-0.3, -0.25) is 0 Å². The van der Waals surface area contributed by atoms with Crippen LogP contribution in [0.5, 0.6) is 0 Å². The number of hydrogen-bond acceptors (Lipinski definition) is 6. The van der Waals surface area contributed by atoms with Crippen molar-refractivity contribution >= 4 is 47.0 Å². The van der Waals surface area contributed by atoms with Gasteiger partial charge in [-0.2, -0.15) is 0 Å². The average molecular weight is 521 g/mol. The molecule has 0 amide bonds. The van der Waals surface area contributed by atoms with Crippen LogP contribution in [0.25, 0.3) is 0 Å². The van der Waals surface area contributed by atoms with Crippen molar-refractivity contribution in [1.82, 2.24) is 4.67 Å². The SMILES string of the molecule is Cc1ccc(N=P2(N3CCOCC3)OC(c3cccs3)=Nc3cc4c(cc32)C(C)(C)C(C)N4C)cc1. The van der Waals surface area contributed by atoms with Gasteiger partial charge in [0.1, 0.15) is 0 Å². The number of benzene rings is 2. The van der Waals surface area contributed by atoms with E-state index in [-0.39, 0.29) is 5.41 Å². The number of aliphatic imine (C=N–C) groups is 1. The van der Waals surface area contributed by atoms with E-state index >= 15 is 0 Å². The molecule has 2 unspecified atom stereocenters. The third-order valence-corrected chi connectivity index (χ3v) is 11.9. The summed E-state index contributed by atoms with van der Waals surface area (Å²) in [7, 11) is -0.493. The quantitative estimate of drug-likeness (QED) is 0.365. The predicted octanol–water partition coefficient (Wildman–Crippen LogP) is 6.60. The lowest BCUT2D eigenvalue weighted by Gasteiger charge is -2.40. The van der Waals surface area contributed by atoms with Gasteiger partial charge in [0.25, 0.3) is 0 Å². The highest BCUT2D eigenvalue weighted by molar-refractivity contribution is 7.68. The summed E-state index contributed by atoms with van der Waals surface area (Å²) in [5.74, 6) is 0.668. The van der Waals surface area contributed by atoms with Gasteiger partial charge in [0.2, 0.25) is 13.3 Å². The second kappa shape index (κ2) is 8.84. The van der Waals surface area contributed by atoms with Crippen molar-refractivity contribution in [2.24, 2.45) is 9.74 Å². The molecule has 0 saturated carbocycles. The number of morpholine rings is 1. The van der Waals surface area contributed by atoms with Crippen molar-refractivity contribution in [3.63, 3.8) is 0 Å². The van der Waals surface area contributed by atoms with E-state index in [0.29, 0.717) is 25.2 Å². The monoisotopic (exact) mass is 520 g/mol. The van der Waals surface area contributed by atoms with E-state index in [2.05, 4.69) is 92.2 Å². The van der Waals surface area contributed by atoms with Gasteiger partial charge in [-0.15, -0.1) is 11.3 Å². The molecule has 6 nitrogen and oxygen atoms in total. The van der Waals surface area contributed by atoms with Gasteiger partial charge >= 0.3 is 0 Å². The van der Waals surface area contributed by atoms with Crippen LogP contribution in [-0.2, 0) is 14.7 Å². The Bertz CT molecular complexity index is 1380. The predicted molar refractivity (Wildman–Crippen MR) is 151 cm³/mol. The molecule has 0 spiro atoms. The molecule has 1 saturated heterocycles. The lowest BCUT2D eigenvalue weighted by molar-refractivity contribution is 0.0716. The van der Waals surface area contributed by atoms with E-state index in [1.54, 1.807) is 11.3 Å². The van der Waals surface area contributed by atoms with E-state index in [1.807, 2.05) is 6.07 Å². The molecule has 0 N–H and O–H groups in total. The summed E-state index contributed by atoms with van der Waals surface area (Å²) in [5, 5.41) is 3.18. The first-order valence-corrected chi connectivity index (χ1v) is 15.0. The fourth-order valence-corrected chi connectivity index (χ4v) is 9.10. The van der Waals surface area contributed by atoms with E-state index in [1.165, 1.54) is 16.8 Å². The maximum atomic E-state index is 7.06. The molecule has 1 fully saturated rings. The van der Waals surface area contributed by atoms with Gasteiger partial charge in [-0.05, 0) is 55.1 Å². The van der Waals surface area contributed by atoms with E-state index in [9.17, 15) is 0 Å². The fraction of sp³-hybridized carbons (Fsp3) is 0.393. The zero-order valence-corrected chi connectivity index (χ0v) is 23.3. The van der Waals surface area contributed by atoms with E-state index < -0.39 is 7.43 Å². The highest BCUT2D eigenvalue weighted by Crippen LogP contribution is 2.61. The average Bonchev–Trinajstić information content (AvgIpc) is 3.48. The Morgan fingerprint density at radius 2 is 1.86 bits per heavy atom. The summed E-state index contributed by atoms with van der Waals surface area (Å²) in [4.78, 5) is 8.52. The lowest BCUT2D eigenvalue weighted by Crippen LogP contribution is -2.39. The number of fused-ring (bicyclic) bond motifs is 2.